The Balaban J connectivity index is 1.79. The van der Waals surface area contributed by atoms with Gasteiger partial charge in [0, 0.05) is 23.5 Å². The highest BCUT2D eigenvalue weighted by molar-refractivity contribution is 5.90. The number of rotatable bonds is 2. The molecular weight excluding hydrogens is 240 g/mol. The zero-order chi connectivity index (χ0) is 13.9. The number of nitrogens with one attached hydrogen (secondary N) is 1. The minimum absolute atomic E-state index is 0.0276. The van der Waals surface area contributed by atoms with Crippen molar-refractivity contribution in [1.82, 2.24) is 5.32 Å². The van der Waals surface area contributed by atoms with Crippen molar-refractivity contribution in [3.05, 3.63) is 0 Å². The second kappa shape index (κ2) is 3.95. The fourth-order valence-electron chi connectivity index (χ4n) is 4.25. The van der Waals surface area contributed by atoms with Crippen molar-refractivity contribution in [1.29, 1.82) is 0 Å². The number of amides is 1. The van der Waals surface area contributed by atoms with Crippen LogP contribution in [0.25, 0.3) is 0 Å². The lowest BCUT2D eigenvalue weighted by atomic mass is 9.46. The van der Waals surface area contributed by atoms with E-state index in [4.69, 9.17) is 10.5 Å². The van der Waals surface area contributed by atoms with E-state index in [-0.39, 0.29) is 28.9 Å². The third kappa shape index (κ3) is 1.62. The van der Waals surface area contributed by atoms with Crippen molar-refractivity contribution in [2.24, 2.45) is 17.1 Å². The molecule has 2 saturated carbocycles. The largest absolute Gasteiger partial charge is 0.377 e. The zero-order valence-electron chi connectivity index (χ0n) is 12.3. The quantitative estimate of drug-likeness (QED) is 0.797. The molecule has 0 spiro atoms. The minimum Gasteiger partial charge on any atom is -0.377 e. The second-order valence-corrected chi connectivity index (χ2v) is 7.50. The molecule has 4 nitrogen and oxygen atoms in total. The first-order chi connectivity index (χ1) is 8.81. The maximum Gasteiger partial charge on any atom is 0.241 e. The average Bonchev–Trinajstić information content (AvgIpc) is 2.35. The molecule has 1 saturated heterocycles. The normalized spacial score (nSPS) is 42.5. The summed E-state index contributed by atoms with van der Waals surface area (Å²) >= 11 is 0. The van der Waals surface area contributed by atoms with E-state index >= 15 is 0 Å². The van der Waals surface area contributed by atoms with E-state index in [0.717, 1.165) is 32.3 Å². The van der Waals surface area contributed by atoms with Crippen LogP contribution in [0, 0.1) is 11.3 Å². The second-order valence-electron chi connectivity index (χ2n) is 7.50. The van der Waals surface area contributed by atoms with E-state index in [0.29, 0.717) is 0 Å². The van der Waals surface area contributed by atoms with Gasteiger partial charge >= 0.3 is 0 Å². The Kier molecular flexibility index (Phi) is 2.78. The summed E-state index contributed by atoms with van der Waals surface area (Å²) in [7, 11) is 0. The van der Waals surface area contributed by atoms with Crippen molar-refractivity contribution >= 4 is 5.91 Å². The molecule has 1 aliphatic heterocycles. The lowest BCUT2D eigenvalue weighted by molar-refractivity contribution is -0.226. The van der Waals surface area contributed by atoms with E-state index in [2.05, 4.69) is 26.1 Å². The van der Waals surface area contributed by atoms with Gasteiger partial charge in [0.2, 0.25) is 5.91 Å². The molecule has 3 fully saturated rings. The number of hydrogen-bond acceptors (Lipinski definition) is 3. The molecular formula is C15H26N2O2. The van der Waals surface area contributed by atoms with Gasteiger partial charge in [-0.1, -0.05) is 13.8 Å². The molecule has 1 heterocycles. The standard InChI is InChI=1S/C15H26N2O2/c1-13(2)11-10(6-4-9-19-11)15(13,16)12(18)17-14(3)7-5-8-14/h10-11H,4-9,16H2,1-3H3,(H,17,18). The Morgan fingerprint density at radius 3 is 2.53 bits per heavy atom. The highest BCUT2D eigenvalue weighted by Gasteiger charge is 2.70. The molecule has 3 rings (SSSR count). The molecule has 0 aromatic heterocycles. The van der Waals surface area contributed by atoms with Crippen molar-refractivity contribution in [2.45, 2.75) is 70.1 Å². The van der Waals surface area contributed by atoms with Gasteiger partial charge in [0.1, 0.15) is 5.54 Å². The van der Waals surface area contributed by atoms with Gasteiger partial charge in [-0.2, -0.15) is 0 Å². The summed E-state index contributed by atoms with van der Waals surface area (Å²) in [5.74, 6) is 0.214. The van der Waals surface area contributed by atoms with Gasteiger partial charge < -0.3 is 15.8 Å². The third-order valence-corrected chi connectivity index (χ3v) is 5.93. The van der Waals surface area contributed by atoms with Gasteiger partial charge in [0.05, 0.1) is 6.10 Å². The van der Waals surface area contributed by atoms with E-state index < -0.39 is 5.54 Å². The van der Waals surface area contributed by atoms with Gasteiger partial charge in [-0.3, -0.25) is 4.79 Å². The first-order valence-electron chi connectivity index (χ1n) is 7.54. The van der Waals surface area contributed by atoms with Crippen LogP contribution in [0.5, 0.6) is 0 Å². The summed E-state index contributed by atoms with van der Waals surface area (Å²) in [5, 5.41) is 3.20. The molecule has 3 unspecified atom stereocenters. The number of fused-ring (bicyclic) bond motifs is 1. The summed E-state index contributed by atoms with van der Waals surface area (Å²) in [6, 6.07) is 0. The summed E-state index contributed by atoms with van der Waals surface area (Å²) < 4.78 is 5.85. The molecule has 0 radical (unpaired) electrons. The molecule has 2 aliphatic carbocycles. The monoisotopic (exact) mass is 266 g/mol. The number of nitrogens with two attached hydrogens (primary N) is 1. The first-order valence-corrected chi connectivity index (χ1v) is 7.54. The van der Waals surface area contributed by atoms with Crippen LogP contribution in [0.1, 0.15) is 52.9 Å². The highest BCUT2D eigenvalue weighted by atomic mass is 16.5. The van der Waals surface area contributed by atoms with E-state index in [9.17, 15) is 4.79 Å². The SMILES string of the molecule is CC1(NC(=O)C2(N)C3CCCOC3C2(C)C)CCC1. The Morgan fingerprint density at radius 2 is 1.95 bits per heavy atom. The van der Waals surface area contributed by atoms with Gasteiger partial charge in [-0.25, -0.2) is 0 Å². The van der Waals surface area contributed by atoms with E-state index in [1.165, 1.54) is 6.42 Å². The molecule has 3 atom stereocenters. The maximum absolute atomic E-state index is 12.7. The molecule has 0 bridgehead atoms. The van der Waals surface area contributed by atoms with Crippen LogP contribution in [0.2, 0.25) is 0 Å². The Bertz CT molecular complexity index is 403. The average molecular weight is 266 g/mol. The molecule has 0 aromatic carbocycles. The van der Waals surface area contributed by atoms with Crippen LogP contribution in [-0.4, -0.2) is 29.7 Å². The minimum atomic E-state index is -0.767. The van der Waals surface area contributed by atoms with E-state index in [1.54, 1.807) is 0 Å². The van der Waals surface area contributed by atoms with Crippen LogP contribution in [0.4, 0.5) is 0 Å². The van der Waals surface area contributed by atoms with Gasteiger partial charge in [-0.15, -0.1) is 0 Å². The Hall–Kier alpha value is -0.610. The number of ether oxygens (including phenoxy) is 1. The van der Waals surface area contributed by atoms with Gasteiger partial charge in [0.25, 0.3) is 0 Å². The first kappa shape index (κ1) is 13.4. The maximum atomic E-state index is 12.7. The smallest absolute Gasteiger partial charge is 0.241 e. The molecule has 19 heavy (non-hydrogen) atoms. The summed E-state index contributed by atoms with van der Waals surface area (Å²) in [6.45, 7) is 7.07. The number of hydrogen-bond donors (Lipinski definition) is 2. The lowest BCUT2D eigenvalue weighted by Crippen LogP contribution is -2.83. The molecule has 1 amide bonds. The van der Waals surface area contributed by atoms with Crippen LogP contribution in [0.3, 0.4) is 0 Å². The van der Waals surface area contributed by atoms with Crippen molar-refractivity contribution in [3.63, 3.8) is 0 Å². The molecule has 4 heteroatoms. The van der Waals surface area contributed by atoms with Crippen LogP contribution in [-0.2, 0) is 9.53 Å². The molecule has 0 aromatic rings. The van der Waals surface area contributed by atoms with Gasteiger partial charge in [-0.05, 0) is 39.0 Å². The lowest BCUT2D eigenvalue weighted by Gasteiger charge is -2.65. The van der Waals surface area contributed by atoms with Crippen LogP contribution < -0.4 is 11.1 Å². The van der Waals surface area contributed by atoms with Crippen LogP contribution in [0.15, 0.2) is 0 Å². The topological polar surface area (TPSA) is 64.4 Å². The fourth-order valence-corrected chi connectivity index (χ4v) is 4.25. The van der Waals surface area contributed by atoms with E-state index in [1.807, 2.05) is 0 Å². The van der Waals surface area contributed by atoms with Gasteiger partial charge in [0.15, 0.2) is 0 Å². The fraction of sp³-hybridized carbons (Fsp3) is 0.933. The van der Waals surface area contributed by atoms with Crippen molar-refractivity contribution in [3.8, 4) is 0 Å². The predicted octanol–water partition coefficient (Wildman–Crippen LogP) is 1.58. The third-order valence-electron chi connectivity index (χ3n) is 5.93. The summed E-state index contributed by atoms with van der Waals surface area (Å²) in [5.41, 5.74) is 5.50. The molecule has 3 N–H and O–H groups in total. The number of carbonyl (C=O) groups is 1. The predicted molar refractivity (Wildman–Crippen MR) is 73.6 cm³/mol. The van der Waals surface area contributed by atoms with Crippen LogP contribution >= 0.6 is 0 Å². The summed E-state index contributed by atoms with van der Waals surface area (Å²) in [6.07, 6.45) is 5.51. The summed E-state index contributed by atoms with van der Waals surface area (Å²) in [4.78, 5) is 12.7. The zero-order valence-corrected chi connectivity index (χ0v) is 12.3. The Morgan fingerprint density at radius 1 is 1.26 bits per heavy atom. The Labute approximate surface area is 115 Å². The highest BCUT2D eigenvalue weighted by Crippen LogP contribution is 2.57. The number of carbonyl (C=O) groups excluding carboxylic acids is 1. The van der Waals surface area contributed by atoms with Crippen molar-refractivity contribution in [2.75, 3.05) is 6.61 Å². The van der Waals surface area contributed by atoms with Crippen molar-refractivity contribution < 1.29 is 9.53 Å². The molecule has 108 valence electrons. The molecule has 3 aliphatic rings.